The van der Waals surface area contributed by atoms with Gasteiger partial charge in [-0.1, -0.05) is 23.2 Å². The topological polar surface area (TPSA) is 71.2 Å². The van der Waals surface area contributed by atoms with E-state index in [0.717, 1.165) is 0 Å². The van der Waals surface area contributed by atoms with Gasteiger partial charge in [-0.05, 0) is 6.07 Å². The molecule has 0 amide bonds. The maximum Gasteiger partial charge on any atom is 0.417 e. The smallest absolute Gasteiger partial charge is 0.395 e. The van der Waals surface area contributed by atoms with Crippen molar-refractivity contribution in [2.45, 2.75) is 6.18 Å². The van der Waals surface area contributed by atoms with E-state index in [1.807, 2.05) is 0 Å². The van der Waals surface area contributed by atoms with Crippen LogP contribution in [0.25, 0.3) is 5.82 Å². The van der Waals surface area contributed by atoms with E-state index in [9.17, 15) is 18.0 Å². The summed E-state index contributed by atoms with van der Waals surface area (Å²) in [5, 5.41) is 12.1. The Kier molecular flexibility index (Phi) is 5.36. The largest absolute Gasteiger partial charge is 0.417 e. The average molecular weight is 383 g/mol. The van der Waals surface area contributed by atoms with Gasteiger partial charge in [0.1, 0.15) is 5.02 Å². The van der Waals surface area contributed by atoms with Crippen LogP contribution in [-0.2, 0) is 6.18 Å². The summed E-state index contributed by atoms with van der Waals surface area (Å²) in [6.07, 6.45) is -2.83. The van der Waals surface area contributed by atoms with Gasteiger partial charge >= 0.3 is 6.18 Å². The van der Waals surface area contributed by atoms with Crippen molar-refractivity contribution >= 4 is 28.9 Å². The molecule has 0 fully saturated rings. The Labute approximate surface area is 144 Å². The summed E-state index contributed by atoms with van der Waals surface area (Å²) in [5.41, 5.74) is -1.59. The number of aliphatic hydroxyl groups excluding tert-OH is 1. The van der Waals surface area contributed by atoms with E-state index < -0.39 is 22.3 Å². The van der Waals surface area contributed by atoms with Gasteiger partial charge in [-0.3, -0.25) is 4.79 Å². The van der Waals surface area contributed by atoms with Crippen LogP contribution in [0.4, 0.5) is 18.9 Å². The number of hydrogen-bond donors (Lipinski definition) is 1. The number of anilines is 1. The summed E-state index contributed by atoms with van der Waals surface area (Å²) < 4.78 is 38.6. The normalized spacial score (nSPS) is 11.6. The minimum Gasteiger partial charge on any atom is -0.395 e. The number of hydrogen-bond acceptors (Lipinski definition) is 5. The molecule has 0 radical (unpaired) electrons. The predicted octanol–water partition coefficient (Wildman–Crippen LogP) is 2.38. The molecule has 130 valence electrons. The van der Waals surface area contributed by atoms with Crippen molar-refractivity contribution in [2.75, 3.05) is 25.1 Å². The predicted molar refractivity (Wildman–Crippen MR) is 83.0 cm³/mol. The summed E-state index contributed by atoms with van der Waals surface area (Å²) >= 11 is 11.8. The molecule has 0 spiro atoms. The zero-order valence-electron chi connectivity index (χ0n) is 12.2. The molecule has 0 bridgehead atoms. The first kappa shape index (κ1) is 18.5. The Balaban J connectivity index is 2.51. The lowest BCUT2D eigenvalue weighted by Crippen LogP contribution is -2.28. The minimum absolute atomic E-state index is 0.164. The van der Waals surface area contributed by atoms with E-state index in [1.165, 1.54) is 11.1 Å². The van der Waals surface area contributed by atoms with Gasteiger partial charge in [0, 0.05) is 19.8 Å². The van der Waals surface area contributed by atoms with Gasteiger partial charge in [0.25, 0.3) is 5.56 Å². The number of nitrogens with zero attached hydrogens (tertiary/aromatic N) is 4. The number of likely N-dealkylation sites (N-methyl/N-ethyl adjacent to an activating group) is 1. The van der Waals surface area contributed by atoms with E-state index >= 15 is 0 Å². The fourth-order valence-electron chi connectivity index (χ4n) is 1.85. The van der Waals surface area contributed by atoms with Crippen LogP contribution < -0.4 is 10.5 Å². The molecular weight excluding hydrogens is 372 g/mol. The lowest BCUT2D eigenvalue weighted by atomic mass is 10.3. The van der Waals surface area contributed by atoms with Crippen LogP contribution in [0.15, 0.2) is 23.3 Å². The van der Waals surface area contributed by atoms with Crippen molar-refractivity contribution in [3.63, 3.8) is 0 Å². The van der Waals surface area contributed by atoms with E-state index in [1.54, 1.807) is 7.05 Å². The lowest BCUT2D eigenvalue weighted by molar-refractivity contribution is -0.137. The molecule has 0 aliphatic carbocycles. The second-order valence-corrected chi connectivity index (χ2v) is 5.52. The molecule has 0 aliphatic rings. The summed E-state index contributed by atoms with van der Waals surface area (Å²) in [6.45, 7) is 0.0480. The van der Waals surface area contributed by atoms with Gasteiger partial charge in [0.05, 0.1) is 29.1 Å². The van der Waals surface area contributed by atoms with Crippen LogP contribution in [0.1, 0.15) is 5.56 Å². The Morgan fingerprint density at radius 3 is 2.54 bits per heavy atom. The number of alkyl halides is 3. The molecule has 0 unspecified atom stereocenters. The van der Waals surface area contributed by atoms with Gasteiger partial charge in [-0.25, -0.2) is 4.98 Å². The van der Waals surface area contributed by atoms with Crippen LogP contribution >= 0.6 is 23.2 Å². The Morgan fingerprint density at radius 1 is 1.33 bits per heavy atom. The molecule has 0 aromatic carbocycles. The summed E-state index contributed by atoms with van der Waals surface area (Å²) in [4.78, 5) is 17.4. The molecule has 0 atom stereocenters. The first-order chi connectivity index (χ1) is 11.2. The van der Waals surface area contributed by atoms with E-state index in [0.29, 0.717) is 16.9 Å². The molecule has 1 N–H and O–H groups in total. The molecule has 0 saturated carbocycles. The maximum absolute atomic E-state index is 12.6. The zero-order valence-corrected chi connectivity index (χ0v) is 13.7. The summed E-state index contributed by atoms with van der Waals surface area (Å²) in [7, 11) is 1.59. The number of aliphatic hydroxyl groups is 1. The molecule has 11 heteroatoms. The molecule has 2 aromatic rings. The third-order valence-electron chi connectivity index (χ3n) is 3.10. The molecule has 24 heavy (non-hydrogen) atoms. The van der Waals surface area contributed by atoms with Crippen LogP contribution in [-0.4, -0.2) is 40.1 Å². The van der Waals surface area contributed by atoms with E-state index in [-0.39, 0.29) is 29.7 Å². The molecule has 2 rings (SSSR count). The minimum atomic E-state index is -4.61. The van der Waals surface area contributed by atoms with Gasteiger partial charge < -0.3 is 10.0 Å². The second-order valence-electron chi connectivity index (χ2n) is 4.73. The second kappa shape index (κ2) is 6.96. The number of pyridine rings is 1. The molecule has 2 aromatic heterocycles. The Bertz CT molecular complexity index is 811. The number of halogens is 5. The summed E-state index contributed by atoms with van der Waals surface area (Å²) in [6, 6.07) is 0.651. The highest BCUT2D eigenvalue weighted by molar-refractivity contribution is 6.33. The van der Waals surface area contributed by atoms with Crippen molar-refractivity contribution in [3.8, 4) is 5.82 Å². The molecule has 2 heterocycles. The third kappa shape index (κ3) is 3.63. The lowest BCUT2D eigenvalue weighted by Gasteiger charge is -2.19. The first-order valence-corrected chi connectivity index (χ1v) is 7.25. The first-order valence-electron chi connectivity index (χ1n) is 6.49. The zero-order chi connectivity index (χ0) is 18.1. The van der Waals surface area contributed by atoms with Crippen LogP contribution in [0.2, 0.25) is 10.0 Å². The van der Waals surface area contributed by atoms with Crippen LogP contribution in [0, 0.1) is 0 Å². The van der Waals surface area contributed by atoms with Crippen molar-refractivity contribution in [3.05, 3.63) is 44.4 Å². The Morgan fingerprint density at radius 2 is 2.00 bits per heavy atom. The molecular formula is C13H11Cl2F3N4O2. The van der Waals surface area contributed by atoms with Crippen molar-refractivity contribution in [1.82, 2.24) is 14.8 Å². The highest BCUT2D eigenvalue weighted by atomic mass is 35.5. The van der Waals surface area contributed by atoms with Gasteiger partial charge in [-0.2, -0.15) is 23.0 Å². The highest BCUT2D eigenvalue weighted by Gasteiger charge is 2.32. The monoisotopic (exact) mass is 382 g/mol. The highest BCUT2D eigenvalue weighted by Crippen LogP contribution is 2.31. The van der Waals surface area contributed by atoms with E-state index in [4.69, 9.17) is 28.3 Å². The van der Waals surface area contributed by atoms with Crippen molar-refractivity contribution in [1.29, 1.82) is 0 Å². The molecule has 0 aliphatic heterocycles. The molecule has 0 saturated heterocycles. The Hall–Kier alpha value is -1.84. The quantitative estimate of drug-likeness (QED) is 0.878. The fourth-order valence-corrected chi connectivity index (χ4v) is 2.37. The number of rotatable bonds is 4. The third-order valence-corrected chi connectivity index (χ3v) is 3.73. The fraction of sp³-hybridized carbons (Fsp3) is 0.308. The SMILES string of the molecule is CN(CCO)c1cnn(-c2ncc(C(F)(F)F)cc2Cl)c(=O)c1Cl. The molecule has 6 nitrogen and oxygen atoms in total. The summed E-state index contributed by atoms with van der Waals surface area (Å²) in [5.74, 6) is -0.270. The maximum atomic E-state index is 12.6. The van der Waals surface area contributed by atoms with E-state index in [2.05, 4.69) is 10.1 Å². The average Bonchev–Trinajstić information content (AvgIpc) is 2.49. The standard InChI is InChI=1S/C13H11Cl2F3N4O2/c1-21(2-3-23)9-6-20-22(12(24)10(9)15)11-8(14)4-7(5-19-11)13(16,17)18/h4-6,23H,2-3H2,1H3. The van der Waals surface area contributed by atoms with Crippen molar-refractivity contribution < 1.29 is 18.3 Å². The van der Waals surface area contributed by atoms with Gasteiger partial charge in [0.15, 0.2) is 5.82 Å². The van der Waals surface area contributed by atoms with Gasteiger partial charge in [0.2, 0.25) is 0 Å². The van der Waals surface area contributed by atoms with Crippen LogP contribution in [0.5, 0.6) is 0 Å². The van der Waals surface area contributed by atoms with Crippen molar-refractivity contribution in [2.24, 2.45) is 0 Å². The van der Waals surface area contributed by atoms with Gasteiger partial charge in [-0.15, -0.1) is 0 Å². The number of aromatic nitrogens is 3. The van der Waals surface area contributed by atoms with Crippen LogP contribution in [0.3, 0.4) is 0 Å².